The molecule has 0 aliphatic heterocycles. The number of hydrogen-bond donors (Lipinski definition) is 2. The molecule has 5 nitrogen and oxygen atoms in total. The third-order valence-corrected chi connectivity index (χ3v) is 2.88. The van der Waals surface area contributed by atoms with Crippen LogP contribution in [-0.4, -0.2) is 42.0 Å². The lowest BCUT2D eigenvalue weighted by Crippen LogP contribution is -2.20. The first-order chi connectivity index (χ1) is 8.29. The summed E-state index contributed by atoms with van der Waals surface area (Å²) in [7, 11) is 0. The fourth-order valence-electron chi connectivity index (χ4n) is 1.09. The van der Waals surface area contributed by atoms with Gasteiger partial charge in [-0.05, 0) is 6.92 Å². The average Bonchev–Trinajstić information content (AvgIpc) is 2.57. The van der Waals surface area contributed by atoms with Gasteiger partial charge in [0.2, 0.25) is 0 Å². The van der Waals surface area contributed by atoms with Crippen LogP contribution in [0, 0.1) is 6.92 Å². The highest BCUT2D eigenvalue weighted by Gasteiger charge is 2.27. The Morgan fingerprint density at radius 3 is 2.72 bits per heavy atom. The second kappa shape index (κ2) is 6.01. The lowest BCUT2D eigenvalue weighted by Gasteiger charge is -2.07. The van der Waals surface area contributed by atoms with E-state index in [9.17, 15) is 18.0 Å². The molecule has 0 fully saturated rings. The van der Waals surface area contributed by atoms with Crippen molar-refractivity contribution in [2.75, 3.05) is 25.1 Å². The van der Waals surface area contributed by atoms with Gasteiger partial charge in [-0.25, -0.2) is 9.78 Å². The SMILES string of the molecule is Cc1nc(NCCOCC(F)(F)F)sc1C(=O)O. The number of ether oxygens (including phenoxy) is 1. The van der Waals surface area contributed by atoms with E-state index in [2.05, 4.69) is 15.0 Å². The zero-order valence-corrected chi connectivity index (χ0v) is 10.2. The first-order valence-corrected chi connectivity index (χ1v) is 5.70. The number of aromatic carboxylic acids is 1. The summed E-state index contributed by atoms with van der Waals surface area (Å²) in [6.07, 6.45) is -4.34. The Bertz CT molecular complexity index is 420. The molecule has 0 saturated heterocycles. The Hall–Kier alpha value is -1.35. The number of carboxylic acid groups (broad SMARTS) is 1. The van der Waals surface area contributed by atoms with Gasteiger partial charge < -0.3 is 15.2 Å². The van der Waals surface area contributed by atoms with Crippen molar-refractivity contribution in [3.63, 3.8) is 0 Å². The molecule has 1 aromatic heterocycles. The number of thiazole rings is 1. The molecule has 0 unspecified atom stereocenters. The van der Waals surface area contributed by atoms with Crippen molar-refractivity contribution in [3.05, 3.63) is 10.6 Å². The van der Waals surface area contributed by atoms with Crippen LogP contribution < -0.4 is 5.32 Å². The molecule has 1 aromatic rings. The normalized spacial score (nSPS) is 11.6. The van der Waals surface area contributed by atoms with Gasteiger partial charge in [0, 0.05) is 6.54 Å². The van der Waals surface area contributed by atoms with Crippen LogP contribution in [0.25, 0.3) is 0 Å². The van der Waals surface area contributed by atoms with Gasteiger partial charge in [-0.15, -0.1) is 0 Å². The molecule has 2 N–H and O–H groups in total. The highest BCUT2D eigenvalue weighted by atomic mass is 32.1. The fourth-order valence-corrected chi connectivity index (χ4v) is 1.92. The van der Waals surface area contributed by atoms with Gasteiger partial charge in [-0.2, -0.15) is 13.2 Å². The summed E-state index contributed by atoms with van der Waals surface area (Å²) < 4.78 is 39.6. The third kappa shape index (κ3) is 4.88. The van der Waals surface area contributed by atoms with Crippen molar-refractivity contribution in [2.45, 2.75) is 13.1 Å². The number of carboxylic acids is 1. The number of rotatable bonds is 6. The van der Waals surface area contributed by atoms with Crippen molar-refractivity contribution >= 4 is 22.4 Å². The van der Waals surface area contributed by atoms with Crippen molar-refractivity contribution < 1.29 is 27.8 Å². The minimum absolute atomic E-state index is 0.105. The van der Waals surface area contributed by atoms with Crippen molar-refractivity contribution in [1.82, 2.24) is 4.98 Å². The van der Waals surface area contributed by atoms with E-state index in [4.69, 9.17) is 5.11 Å². The number of nitrogens with zero attached hydrogens (tertiary/aromatic N) is 1. The minimum Gasteiger partial charge on any atom is -0.477 e. The summed E-state index contributed by atoms with van der Waals surface area (Å²) in [5.74, 6) is -1.08. The number of aryl methyl sites for hydroxylation is 1. The predicted molar refractivity (Wildman–Crippen MR) is 59.2 cm³/mol. The molecule has 0 saturated carbocycles. The largest absolute Gasteiger partial charge is 0.477 e. The number of nitrogens with one attached hydrogen (secondary N) is 1. The van der Waals surface area contributed by atoms with Gasteiger partial charge in [0.25, 0.3) is 0 Å². The van der Waals surface area contributed by atoms with Crippen LogP contribution in [0.15, 0.2) is 0 Å². The Labute approximate surface area is 105 Å². The Balaban J connectivity index is 2.32. The van der Waals surface area contributed by atoms with E-state index in [-0.39, 0.29) is 18.0 Å². The summed E-state index contributed by atoms with van der Waals surface area (Å²) in [6.45, 7) is 0.236. The number of halogens is 3. The molecule has 0 aliphatic rings. The van der Waals surface area contributed by atoms with Crippen LogP contribution in [-0.2, 0) is 4.74 Å². The number of aromatic nitrogens is 1. The van der Waals surface area contributed by atoms with Gasteiger partial charge in [0.05, 0.1) is 12.3 Å². The van der Waals surface area contributed by atoms with Crippen LogP contribution in [0.3, 0.4) is 0 Å². The molecule has 0 aliphatic carbocycles. The monoisotopic (exact) mass is 284 g/mol. The van der Waals surface area contributed by atoms with E-state index in [1.165, 1.54) is 0 Å². The lowest BCUT2D eigenvalue weighted by atomic mass is 10.4. The third-order valence-electron chi connectivity index (χ3n) is 1.78. The Morgan fingerprint density at radius 1 is 1.56 bits per heavy atom. The van der Waals surface area contributed by atoms with Gasteiger partial charge >= 0.3 is 12.1 Å². The molecule has 0 aromatic carbocycles. The molecule has 1 rings (SSSR count). The summed E-state index contributed by atoms with van der Waals surface area (Å²) >= 11 is 0.932. The highest BCUT2D eigenvalue weighted by Crippen LogP contribution is 2.22. The molecule has 0 atom stereocenters. The molecule has 102 valence electrons. The standard InChI is InChI=1S/C9H11F3N2O3S/c1-5-6(7(15)16)18-8(14-5)13-2-3-17-4-9(10,11)12/h2-4H2,1H3,(H,13,14)(H,15,16). The maximum Gasteiger partial charge on any atom is 0.411 e. The minimum atomic E-state index is -4.34. The molecule has 0 bridgehead atoms. The van der Waals surface area contributed by atoms with Gasteiger partial charge in [0.15, 0.2) is 5.13 Å². The van der Waals surface area contributed by atoms with Crippen LogP contribution in [0.2, 0.25) is 0 Å². The molecule has 0 amide bonds. The summed E-state index contributed by atoms with van der Waals surface area (Å²) in [5.41, 5.74) is 0.367. The van der Waals surface area contributed by atoms with Gasteiger partial charge in [0.1, 0.15) is 11.5 Å². The van der Waals surface area contributed by atoms with Crippen LogP contribution in [0.4, 0.5) is 18.3 Å². The summed E-state index contributed by atoms with van der Waals surface area (Å²) in [6, 6.07) is 0. The molecule has 0 radical (unpaired) electrons. The Kier molecular flexibility index (Phi) is 4.91. The number of anilines is 1. The van der Waals surface area contributed by atoms with Crippen LogP contribution in [0.5, 0.6) is 0 Å². The Morgan fingerprint density at radius 2 is 2.22 bits per heavy atom. The van der Waals surface area contributed by atoms with E-state index in [0.29, 0.717) is 10.8 Å². The first kappa shape index (κ1) is 14.7. The number of hydrogen-bond acceptors (Lipinski definition) is 5. The number of carbonyl (C=O) groups is 1. The smallest absolute Gasteiger partial charge is 0.411 e. The molecule has 9 heteroatoms. The summed E-state index contributed by atoms with van der Waals surface area (Å²) in [4.78, 5) is 14.7. The van der Waals surface area contributed by atoms with Crippen molar-refractivity contribution in [1.29, 1.82) is 0 Å². The maximum atomic E-state index is 11.7. The van der Waals surface area contributed by atoms with Crippen molar-refractivity contribution in [2.24, 2.45) is 0 Å². The first-order valence-electron chi connectivity index (χ1n) is 4.88. The molecular weight excluding hydrogens is 273 g/mol. The summed E-state index contributed by atoms with van der Waals surface area (Å²) in [5, 5.41) is 11.8. The van der Waals surface area contributed by atoms with Crippen LogP contribution >= 0.6 is 11.3 Å². The fraction of sp³-hybridized carbons (Fsp3) is 0.556. The zero-order valence-electron chi connectivity index (χ0n) is 9.37. The van der Waals surface area contributed by atoms with E-state index in [1.807, 2.05) is 0 Å². The van der Waals surface area contributed by atoms with E-state index in [1.54, 1.807) is 6.92 Å². The van der Waals surface area contributed by atoms with Crippen LogP contribution in [0.1, 0.15) is 15.4 Å². The second-order valence-corrected chi connectivity index (χ2v) is 4.33. The highest BCUT2D eigenvalue weighted by molar-refractivity contribution is 7.17. The molecular formula is C9H11F3N2O3S. The predicted octanol–water partition coefficient (Wildman–Crippen LogP) is 2.14. The van der Waals surface area contributed by atoms with Crippen molar-refractivity contribution in [3.8, 4) is 0 Å². The van der Waals surface area contributed by atoms with Gasteiger partial charge in [-0.3, -0.25) is 0 Å². The van der Waals surface area contributed by atoms with Gasteiger partial charge in [-0.1, -0.05) is 11.3 Å². The molecule has 1 heterocycles. The van der Waals surface area contributed by atoms with E-state index < -0.39 is 18.8 Å². The topological polar surface area (TPSA) is 71.5 Å². The van der Waals surface area contributed by atoms with E-state index >= 15 is 0 Å². The lowest BCUT2D eigenvalue weighted by molar-refractivity contribution is -0.172. The zero-order chi connectivity index (χ0) is 13.8. The second-order valence-electron chi connectivity index (χ2n) is 3.33. The van der Waals surface area contributed by atoms with E-state index in [0.717, 1.165) is 11.3 Å². The average molecular weight is 284 g/mol. The maximum absolute atomic E-state index is 11.7. The molecule has 0 spiro atoms. The quantitative estimate of drug-likeness (QED) is 0.783. The number of alkyl halides is 3. The molecule has 18 heavy (non-hydrogen) atoms.